The van der Waals surface area contributed by atoms with Crippen molar-refractivity contribution in [3.63, 3.8) is 0 Å². The van der Waals surface area contributed by atoms with Crippen molar-refractivity contribution in [3.8, 4) is 0 Å². The third-order valence-electron chi connectivity index (χ3n) is 12.4. The second-order valence-electron chi connectivity index (χ2n) is 22.9. The van der Waals surface area contributed by atoms with E-state index in [1.165, 1.54) is 350 Å². The zero-order chi connectivity index (χ0) is 64.4. The van der Waals surface area contributed by atoms with Crippen LogP contribution in [-0.2, 0) is 0 Å². The Hall–Kier alpha value is 8.03. The van der Waals surface area contributed by atoms with Gasteiger partial charge in [0.05, 0.1) is 0 Å². The standard InChI is InChI=1S/C16H33I.C12H25I.C10H21I.C8H17I.C6H13I.C5H11I.3C4H9I.C3H7I.HI/c1-2-3-4-5-6-7-8-9-10-11-12-13-14-15-16-17;1-2-3-4-5-6-7-8-9-10-11-12-13;1-2-3-4-5-6-7-8-9-10-11;1-2-3-4-5-6-7-8-9;1-2-3-4-5-6-7;1-2-3-4-5-6;1-4(2,3)5;1-3-4(2)5;1-2-3-4-5;1-2-3-4;/h2-16H2,1H3;2-12H2,1H3;2-10H2,1H3;2-8H2,1H3;2-6H2,1H3;2-5H2,1H3;1-3H3;4H,3H2,1-2H3;2-4H2,1H3;2-3H2,1H3;1H. The summed E-state index contributed by atoms with van der Waals surface area (Å²) in [4.78, 5) is 0. The molecule has 0 aromatic rings. The van der Waals surface area contributed by atoms with Crippen LogP contribution in [0.5, 0.6) is 0 Å². The number of halogens is 11. The number of rotatable bonds is 49. The molecule has 0 rings (SSSR count). The molecule has 0 aliphatic rings. The predicted octanol–water partition coefficient (Wildman–Crippen LogP) is 35.3. The number of unbranched alkanes of at least 4 members (excludes halogenated alkanes) is 40. The molecule has 0 radical (unpaired) electrons. The Balaban J connectivity index is -0.0000000797. The van der Waals surface area contributed by atoms with E-state index >= 15 is 0 Å². The predicted molar refractivity (Wildman–Crippen MR) is 501 cm³/mol. The Morgan fingerprint density at radius 1 is 0.217 bits per heavy atom. The average molecular weight is 2420 g/mol. The highest BCUT2D eigenvalue weighted by atomic mass is 127. The first-order valence-corrected chi connectivity index (χ1v) is 49.9. The summed E-state index contributed by atoms with van der Waals surface area (Å²) in [5.74, 6) is 0. The largest absolute Gasteiger partial charge is 0.107 e. The minimum atomic E-state index is 0. The summed E-state index contributed by atoms with van der Waals surface area (Å²) >= 11 is 24.2. The minimum Gasteiger partial charge on any atom is -0.107 e. The van der Waals surface area contributed by atoms with Gasteiger partial charge in [-0.3, -0.25) is 0 Å². The fourth-order valence-electron chi connectivity index (χ4n) is 6.97. The van der Waals surface area contributed by atoms with Crippen LogP contribution in [0.4, 0.5) is 0 Å². The quantitative estimate of drug-likeness (QED) is 0.0324. The highest BCUT2D eigenvalue weighted by Gasteiger charge is 1.99. The first-order chi connectivity index (χ1) is 39.6. The van der Waals surface area contributed by atoms with Crippen molar-refractivity contribution in [2.45, 2.75) is 412 Å². The normalized spacial score (nSPS) is 10.3. The molecule has 0 heterocycles. The van der Waals surface area contributed by atoms with Crippen molar-refractivity contribution < 1.29 is 0 Å². The summed E-state index contributed by atoms with van der Waals surface area (Å²) in [6, 6.07) is 0. The van der Waals surface area contributed by atoms with Gasteiger partial charge in [-0.05, 0) is 93.2 Å². The Morgan fingerprint density at radius 2 is 0.313 bits per heavy atom. The van der Waals surface area contributed by atoms with E-state index in [0.29, 0.717) is 3.42 Å². The lowest BCUT2D eigenvalue weighted by molar-refractivity contribution is 0.539. The summed E-state index contributed by atoms with van der Waals surface area (Å²) < 4.78 is 11.9. The fourth-order valence-corrected chi connectivity index (χ4v) is 11.0. The van der Waals surface area contributed by atoms with Gasteiger partial charge in [-0.25, -0.2) is 0 Å². The van der Waals surface area contributed by atoms with E-state index in [1.807, 2.05) is 0 Å². The molecule has 0 aliphatic heterocycles. The van der Waals surface area contributed by atoms with Gasteiger partial charge in [-0.15, -0.1) is 24.0 Å². The maximum absolute atomic E-state index is 2.48. The van der Waals surface area contributed by atoms with Crippen molar-refractivity contribution in [2.75, 3.05) is 35.4 Å². The van der Waals surface area contributed by atoms with E-state index < -0.39 is 0 Å². The fraction of sp³-hybridized carbons (Fsp3) is 1.00. The van der Waals surface area contributed by atoms with Crippen LogP contribution in [0.1, 0.15) is 405 Å². The second kappa shape index (κ2) is 130. The monoisotopic (exact) mass is 2420 g/mol. The van der Waals surface area contributed by atoms with Crippen LogP contribution < -0.4 is 0 Å². The van der Waals surface area contributed by atoms with Crippen LogP contribution in [0.25, 0.3) is 0 Å². The van der Waals surface area contributed by atoms with E-state index in [-0.39, 0.29) is 24.0 Å². The van der Waals surface area contributed by atoms with Crippen molar-refractivity contribution in [3.05, 3.63) is 0 Å². The molecule has 0 fully saturated rings. The van der Waals surface area contributed by atoms with E-state index in [4.69, 9.17) is 0 Å². The number of alkyl halides is 10. The molecular formula is C72H155I11. The zero-order valence-corrected chi connectivity index (χ0v) is 82.5. The summed E-state index contributed by atoms with van der Waals surface area (Å²) in [6.45, 7) is 28.9. The van der Waals surface area contributed by atoms with Crippen LogP contribution >= 0.6 is 250 Å². The molecular weight excluding hydrogens is 2260 g/mol. The lowest BCUT2D eigenvalue weighted by atomic mass is 10.0. The highest BCUT2D eigenvalue weighted by Crippen LogP contribution is 2.15. The zero-order valence-electron chi connectivity index (χ0n) is 58.6. The van der Waals surface area contributed by atoms with Gasteiger partial charge in [0.15, 0.2) is 0 Å². The lowest BCUT2D eigenvalue weighted by Crippen LogP contribution is -1.97. The molecule has 1 atom stereocenters. The van der Waals surface area contributed by atoms with Gasteiger partial charge in [0.25, 0.3) is 0 Å². The first kappa shape index (κ1) is 115. The molecule has 0 nitrogen and oxygen atoms in total. The van der Waals surface area contributed by atoms with Crippen molar-refractivity contribution in [1.82, 2.24) is 0 Å². The topological polar surface area (TPSA) is 0 Å². The Kier molecular flexibility index (Phi) is 181. The van der Waals surface area contributed by atoms with Gasteiger partial charge < -0.3 is 0 Å². The molecule has 0 aromatic carbocycles. The third kappa shape index (κ3) is 207. The lowest BCUT2D eigenvalue weighted by Gasteiger charge is -2.02. The Bertz CT molecular complexity index is 777. The maximum atomic E-state index is 2.48. The minimum absolute atomic E-state index is 0. The van der Waals surface area contributed by atoms with Crippen LogP contribution in [-0.4, -0.2) is 42.8 Å². The van der Waals surface area contributed by atoms with Crippen LogP contribution in [0.3, 0.4) is 0 Å². The molecule has 11 heteroatoms. The van der Waals surface area contributed by atoms with Gasteiger partial charge in [-0.2, -0.15) is 0 Å². The van der Waals surface area contributed by atoms with Crippen LogP contribution in [0.2, 0.25) is 0 Å². The SMILES string of the molecule is CC(C)(C)I.CCC(C)I.CCCCCCCCCCCCCCCCI.CCCCCCCCCCCCI.CCCCCCCCCCI.CCCCCCCCI.CCCCCCI.CCCCCI.CCCCI.CCCI.I. The summed E-state index contributed by atoms with van der Waals surface area (Å²) in [5.41, 5.74) is 0. The molecule has 0 amide bonds. The van der Waals surface area contributed by atoms with Gasteiger partial charge in [-0.1, -0.05) is 573 Å². The van der Waals surface area contributed by atoms with Crippen LogP contribution in [0, 0.1) is 0 Å². The molecule has 520 valence electrons. The summed E-state index contributed by atoms with van der Waals surface area (Å²) in [7, 11) is 0. The molecule has 0 aromatic heterocycles. The van der Waals surface area contributed by atoms with Crippen molar-refractivity contribution >= 4 is 250 Å². The number of hydrogen-bond acceptors (Lipinski definition) is 0. The van der Waals surface area contributed by atoms with Gasteiger partial charge in [0, 0.05) is 7.35 Å². The molecule has 0 bridgehead atoms. The Morgan fingerprint density at radius 3 is 0.398 bits per heavy atom. The molecule has 83 heavy (non-hydrogen) atoms. The van der Waals surface area contributed by atoms with Gasteiger partial charge in [0.2, 0.25) is 0 Å². The number of hydrogen-bond donors (Lipinski definition) is 0. The molecule has 0 saturated heterocycles. The highest BCUT2D eigenvalue weighted by molar-refractivity contribution is 14.1. The van der Waals surface area contributed by atoms with E-state index in [0.717, 1.165) is 3.92 Å². The maximum Gasteiger partial charge on any atom is 0.0137 e. The van der Waals surface area contributed by atoms with Crippen molar-refractivity contribution in [2.24, 2.45) is 0 Å². The smallest absolute Gasteiger partial charge is 0.0137 e. The van der Waals surface area contributed by atoms with E-state index in [1.54, 1.807) is 0 Å². The van der Waals surface area contributed by atoms with Crippen molar-refractivity contribution in [1.29, 1.82) is 0 Å². The molecule has 0 spiro atoms. The summed E-state index contributed by atoms with van der Waals surface area (Å²) in [6.07, 6.45) is 70.2. The Labute approximate surface area is 685 Å². The van der Waals surface area contributed by atoms with Gasteiger partial charge in [0.1, 0.15) is 0 Å². The molecule has 0 saturated carbocycles. The molecule has 0 N–H and O–H groups in total. The second-order valence-corrected chi connectivity index (χ2v) is 36.9. The third-order valence-corrected chi connectivity index (χ3v) is 19.7. The summed E-state index contributed by atoms with van der Waals surface area (Å²) in [5, 5.41) is 0. The van der Waals surface area contributed by atoms with Crippen LogP contribution in [0.15, 0.2) is 0 Å². The van der Waals surface area contributed by atoms with Gasteiger partial charge >= 0.3 is 0 Å². The first-order valence-electron chi connectivity index (χ1n) is 35.4. The average Bonchev–Trinajstić information content (AvgIpc) is 3.46. The van der Waals surface area contributed by atoms with E-state index in [9.17, 15) is 0 Å². The molecule has 1 unspecified atom stereocenters. The molecule has 0 aliphatic carbocycles. The van der Waals surface area contributed by atoms with E-state index in [2.05, 4.69) is 316 Å².